The largest absolute Gasteiger partial charge is 0.417 e. The summed E-state index contributed by atoms with van der Waals surface area (Å²) >= 11 is 8.04. The summed E-state index contributed by atoms with van der Waals surface area (Å²) in [6.45, 7) is 1.97. The molecule has 0 aliphatic heterocycles. The van der Waals surface area contributed by atoms with Gasteiger partial charge in [-0.1, -0.05) is 43.1 Å². The molecule has 7 heteroatoms. The number of halogens is 5. The van der Waals surface area contributed by atoms with Gasteiger partial charge in [0.05, 0.1) is 14.8 Å². The lowest BCUT2D eigenvalue weighted by atomic mass is 10.1. The van der Waals surface area contributed by atoms with E-state index in [0.29, 0.717) is 15.7 Å². The summed E-state index contributed by atoms with van der Waals surface area (Å²) in [5.74, 6) is 0.0109. The number of rotatable bonds is 3. The van der Waals surface area contributed by atoms with Crippen LogP contribution in [0.3, 0.4) is 0 Å². The fourth-order valence-corrected chi connectivity index (χ4v) is 2.61. The first-order valence-electron chi connectivity index (χ1n) is 6.23. The van der Waals surface area contributed by atoms with Crippen molar-refractivity contribution in [2.24, 2.45) is 0 Å². The van der Waals surface area contributed by atoms with Crippen LogP contribution in [-0.2, 0) is 12.6 Å². The number of aryl methyl sites for hydroxylation is 1. The average molecular weight is 427 g/mol. The summed E-state index contributed by atoms with van der Waals surface area (Å²) in [6.07, 6.45) is -2.99. The van der Waals surface area contributed by atoms with E-state index >= 15 is 0 Å². The molecule has 0 bridgehead atoms. The molecule has 0 N–H and O–H groups in total. The van der Waals surface area contributed by atoms with E-state index < -0.39 is 11.7 Å². The Morgan fingerprint density at radius 1 is 1.19 bits per heavy atom. The summed E-state index contributed by atoms with van der Waals surface area (Å²) in [5.41, 5.74) is -0.143. The van der Waals surface area contributed by atoms with Gasteiger partial charge in [0.15, 0.2) is 5.82 Å². The second kappa shape index (κ2) is 6.48. The Balaban J connectivity index is 2.63. The third-order valence-electron chi connectivity index (χ3n) is 2.84. The SMILES string of the molecule is CCCc1nc(-c2ccccc2C(F)(F)F)nc(Cl)c1I. The maximum absolute atomic E-state index is 13.1. The molecule has 0 aliphatic rings. The van der Waals surface area contributed by atoms with Crippen LogP contribution in [0.4, 0.5) is 13.2 Å². The van der Waals surface area contributed by atoms with Crippen LogP contribution in [0.2, 0.25) is 5.15 Å². The van der Waals surface area contributed by atoms with E-state index in [4.69, 9.17) is 11.6 Å². The van der Waals surface area contributed by atoms with E-state index in [1.165, 1.54) is 18.2 Å². The zero-order chi connectivity index (χ0) is 15.6. The molecule has 1 heterocycles. The van der Waals surface area contributed by atoms with E-state index in [1.807, 2.05) is 29.5 Å². The topological polar surface area (TPSA) is 25.8 Å². The Morgan fingerprint density at radius 2 is 1.86 bits per heavy atom. The molecule has 2 aromatic rings. The number of hydrogen-bond acceptors (Lipinski definition) is 2. The maximum atomic E-state index is 13.1. The fraction of sp³-hybridized carbons (Fsp3) is 0.286. The lowest BCUT2D eigenvalue weighted by Gasteiger charge is -2.13. The number of aromatic nitrogens is 2. The minimum Gasteiger partial charge on any atom is -0.232 e. The smallest absolute Gasteiger partial charge is 0.232 e. The second-order valence-electron chi connectivity index (χ2n) is 4.39. The Kier molecular flexibility index (Phi) is 5.08. The zero-order valence-corrected chi connectivity index (χ0v) is 13.9. The Bertz CT molecular complexity index is 659. The van der Waals surface area contributed by atoms with Gasteiger partial charge in [-0.3, -0.25) is 0 Å². The van der Waals surface area contributed by atoms with Crippen LogP contribution in [0, 0.1) is 3.57 Å². The Morgan fingerprint density at radius 3 is 2.48 bits per heavy atom. The van der Waals surface area contributed by atoms with Crippen LogP contribution in [0.25, 0.3) is 11.4 Å². The van der Waals surface area contributed by atoms with Gasteiger partial charge in [-0.2, -0.15) is 13.2 Å². The minimum absolute atomic E-state index is 0.0109. The van der Waals surface area contributed by atoms with Gasteiger partial charge in [0.1, 0.15) is 5.15 Å². The van der Waals surface area contributed by atoms with Crippen LogP contribution in [-0.4, -0.2) is 9.97 Å². The summed E-state index contributed by atoms with van der Waals surface area (Å²) in [4.78, 5) is 8.27. The molecule has 21 heavy (non-hydrogen) atoms. The van der Waals surface area contributed by atoms with Crippen molar-refractivity contribution in [2.45, 2.75) is 25.9 Å². The van der Waals surface area contributed by atoms with Crippen LogP contribution in [0.1, 0.15) is 24.6 Å². The maximum Gasteiger partial charge on any atom is 0.417 e. The highest BCUT2D eigenvalue weighted by Crippen LogP contribution is 2.36. The molecule has 0 fully saturated rings. The minimum atomic E-state index is -4.46. The second-order valence-corrected chi connectivity index (χ2v) is 5.83. The molecule has 0 saturated carbocycles. The van der Waals surface area contributed by atoms with E-state index in [1.54, 1.807) is 0 Å². The normalized spacial score (nSPS) is 11.7. The molecule has 2 nitrogen and oxygen atoms in total. The number of alkyl halides is 3. The first-order chi connectivity index (χ1) is 9.84. The Labute approximate surface area is 138 Å². The predicted octanol–water partition coefficient (Wildman–Crippen LogP) is 5.37. The lowest BCUT2D eigenvalue weighted by molar-refractivity contribution is -0.137. The first-order valence-corrected chi connectivity index (χ1v) is 7.68. The molecule has 0 radical (unpaired) electrons. The molecule has 1 aromatic carbocycles. The van der Waals surface area contributed by atoms with E-state index in [-0.39, 0.29) is 16.5 Å². The van der Waals surface area contributed by atoms with Gasteiger partial charge in [0.2, 0.25) is 0 Å². The molecular formula is C14H11ClF3IN2. The zero-order valence-electron chi connectivity index (χ0n) is 11.0. The van der Waals surface area contributed by atoms with Crippen molar-refractivity contribution in [3.63, 3.8) is 0 Å². The van der Waals surface area contributed by atoms with Gasteiger partial charge < -0.3 is 0 Å². The third-order valence-corrected chi connectivity index (χ3v) is 4.57. The van der Waals surface area contributed by atoms with Crippen molar-refractivity contribution < 1.29 is 13.2 Å². The molecule has 1 aromatic heterocycles. The quantitative estimate of drug-likeness (QED) is 0.487. The predicted molar refractivity (Wildman–Crippen MR) is 84.2 cm³/mol. The molecule has 112 valence electrons. The average Bonchev–Trinajstić information content (AvgIpc) is 2.43. The summed E-state index contributed by atoms with van der Waals surface area (Å²) in [5, 5.41) is 0.182. The highest BCUT2D eigenvalue weighted by atomic mass is 127. The standard InChI is InChI=1S/C14H11ClF3IN2/c1-2-5-10-11(19)12(15)21-13(20-10)8-6-3-4-7-9(8)14(16,17)18/h3-4,6-7H,2,5H2,1H3. The highest BCUT2D eigenvalue weighted by molar-refractivity contribution is 14.1. The van der Waals surface area contributed by atoms with Crippen molar-refractivity contribution in [3.05, 3.63) is 44.2 Å². The number of benzene rings is 1. The van der Waals surface area contributed by atoms with Crippen LogP contribution >= 0.6 is 34.2 Å². The monoisotopic (exact) mass is 426 g/mol. The van der Waals surface area contributed by atoms with Gasteiger partial charge in [0, 0.05) is 5.56 Å². The van der Waals surface area contributed by atoms with Gasteiger partial charge in [-0.25, -0.2) is 9.97 Å². The lowest BCUT2D eigenvalue weighted by Crippen LogP contribution is -2.09. The molecule has 0 amide bonds. The number of nitrogens with zero attached hydrogens (tertiary/aromatic N) is 2. The van der Waals surface area contributed by atoms with Crippen molar-refractivity contribution in [1.29, 1.82) is 0 Å². The third kappa shape index (κ3) is 3.66. The van der Waals surface area contributed by atoms with Gasteiger partial charge in [0.25, 0.3) is 0 Å². The van der Waals surface area contributed by atoms with E-state index in [2.05, 4.69) is 9.97 Å². The molecule has 0 aliphatic carbocycles. The van der Waals surface area contributed by atoms with Crippen molar-refractivity contribution >= 4 is 34.2 Å². The summed E-state index contributed by atoms with van der Waals surface area (Å²) in [6, 6.07) is 5.24. The van der Waals surface area contributed by atoms with E-state index in [0.717, 1.165) is 12.5 Å². The van der Waals surface area contributed by atoms with Gasteiger partial charge >= 0.3 is 6.18 Å². The molecular weight excluding hydrogens is 416 g/mol. The number of hydrogen-bond donors (Lipinski definition) is 0. The van der Waals surface area contributed by atoms with Gasteiger partial charge in [-0.15, -0.1) is 0 Å². The van der Waals surface area contributed by atoms with Crippen molar-refractivity contribution in [3.8, 4) is 11.4 Å². The molecule has 0 atom stereocenters. The van der Waals surface area contributed by atoms with Crippen LogP contribution in [0.5, 0.6) is 0 Å². The first kappa shape index (κ1) is 16.5. The highest BCUT2D eigenvalue weighted by Gasteiger charge is 2.34. The summed E-state index contributed by atoms with van der Waals surface area (Å²) in [7, 11) is 0. The molecule has 0 unspecified atom stereocenters. The van der Waals surface area contributed by atoms with Crippen LogP contribution < -0.4 is 0 Å². The molecule has 0 spiro atoms. The van der Waals surface area contributed by atoms with Crippen molar-refractivity contribution in [2.75, 3.05) is 0 Å². The molecule has 0 saturated heterocycles. The van der Waals surface area contributed by atoms with Gasteiger partial charge in [-0.05, 0) is 35.1 Å². The Hall–Kier alpha value is -0.890. The summed E-state index contributed by atoms with van der Waals surface area (Å²) < 4.78 is 39.9. The molecule has 2 rings (SSSR count). The van der Waals surface area contributed by atoms with Crippen LogP contribution in [0.15, 0.2) is 24.3 Å². The van der Waals surface area contributed by atoms with Crippen molar-refractivity contribution in [1.82, 2.24) is 9.97 Å². The van der Waals surface area contributed by atoms with E-state index in [9.17, 15) is 13.2 Å². The fourth-order valence-electron chi connectivity index (χ4n) is 1.91.